The fourth-order valence-corrected chi connectivity index (χ4v) is 4.55. The summed E-state index contributed by atoms with van der Waals surface area (Å²) in [6.07, 6.45) is 8.14. The van der Waals surface area contributed by atoms with Gasteiger partial charge in [0.05, 0.1) is 12.1 Å². The second-order valence-corrected chi connectivity index (χ2v) is 11.0. The lowest BCUT2D eigenvalue weighted by Crippen LogP contribution is -2.33. The molecule has 4 nitrogen and oxygen atoms in total. The summed E-state index contributed by atoms with van der Waals surface area (Å²) in [5, 5.41) is 1.27. The van der Waals surface area contributed by atoms with Gasteiger partial charge in [0, 0.05) is 5.41 Å². The molecule has 28 heavy (non-hydrogen) atoms. The average molecular weight is 410 g/mol. The second-order valence-electron chi connectivity index (χ2n) is 9.45. The molecule has 2 fully saturated rings. The monoisotopic (exact) mass is 409 g/mol. The SMILES string of the molecule is CC(C)(C)CCC/C=C/S(=O)(=O)NC1(c2ccc(F)c(OCC3CC3)c2)CC1. The molecule has 0 heterocycles. The third kappa shape index (κ3) is 6.31. The van der Waals surface area contributed by atoms with E-state index in [-0.39, 0.29) is 11.2 Å². The van der Waals surface area contributed by atoms with E-state index in [2.05, 4.69) is 25.5 Å². The molecule has 0 aromatic heterocycles. The highest BCUT2D eigenvalue weighted by Crippen LogP contribution is 2.47. The Hall–Kier alpha value is -1.40. The predicted molar refractivity (Wildman–Crippen MR) is 110 cm³/mol. The van der Waals surface area contributed by atoms with Crippen LogP contribution in [0.15, 0.2) is 29.7 Å². The topological polar surface area (TPSA) is 55.4 Å². The van der Waals surface area contributed by atoms with E-state index < -0.39 is 21.4 Å². The smallest absolute Gasteiger partial charge is 0.234 e. The minimum absolute atomic E-state index is 0.215. The summed E-state index contributed by atoms with van der Waals surface area (Å²) in [5.41, 5.74) is 0.384. The Balaban J connectivity index is 1.60. The van der Waals surface area contributed by atoms with Gasteiger partial charge in [-0.1, -0.05) is 32.9 Å². The highest BCUT2D eigenvalue weighted by molar-refractivity contribution is 7.92. The van der Waals surface area contributed by atoms with Crippen LogP contribution in [0.4, 0.5) is 4.39 Å². The molecule has 0 unspecified atom stereocenters. The number of rotatable bonds is 10. The van der Waals surface area contributed by atoms with E-state index in [0.29, 0.717) is 25.4 Å². The van der Waals surface area contributed by atoms with Gasteiger partial charge < -0.3 is 4.74 Å². The zero-order valence-electron chi connectivity index (χ0n) is 17.1. The summed E-state index contributed by atoms with van der Waals surface area (Å²) in [4.78, 5) is 0. The molecule has 0 amide bonds. The number of sulfonamides is 1. The first-order valence-electron chi connectivity index (χ1n) is 10.2. The van der Waals surface area contributed by atoms with E-state index in [1.807, 2.05) is 0 Å². The van der Waals surface area contributed by atoms with E-state index in [0.717, 1.165) is 37.7 Å². The molecular weight excluding hydrogens is 377 g/mol. The maximum atomic E-state index is 14.0. The maximum absolute atomic E-state index is 14.0. The Kier molecular flexibility index (Phi) is 6.20. The zero-order valence-corrected chi connectivity index (χ0v) is 17.9. The van der Waals surface area contributed by atoms with Crippen molar-refractivity contribution in [2.75, 3.05) is 6.61 Å². The molecule has 2 saturated carbocycles. The number of halogens is 1. The normalized spacial score (nSPS) is 19.1. The quantitative estimate of drug-likeness (QED) is 0.537. The molecule has 0 saturated heterocycles. The van der Waals surface area contributed by atoms with Crippen LogP contribution in [0.1, 0.15) is 71.3 Å². The van der Waals surface area contributed by atoms with Gasteiger partial charge in [-0.25, -0.2) is 17.5 Å². The van der Waals surface area contributed by atoms with Crippen LogP contribution >= 0.6 is 0 Å². The lowest BCUT2D eigenvalue weighted by molar-refractivity contribution is 0.284. The number of benzene rings is 1. The Labute approximate surface area is 168 Å². The third-order valence-corrected chi connectivity index (χ3v) is 6.54. The van der Waals surface area contributed by atoms with Gasteiger partial charge in [0.1, 0.15) is 0 Å². The number of allylic oxidation sites excluding steroid dienone is 1. The molecule has 0 aliphatic heterocycles. The van der Waals surface area contributed by atoms with Gasteiger partial charge in [0.2, 0.25) is 10.0 Å². The number of hydrogen-bond acceptors (Lipinski definition) is 3. The standard InChI is InChI=1S/C22H32FNO3S/c1-21(2,3)11-5-4-6-14-28(25,26)24-22(12-13-22)18-9-10-19(23)20(15-18)27-16-17-7-8-17/h6,9-10,14-15,17,24H,4-5,7-8,11-13,16H2,1-3H3/b14-6+. The second kappa shape index (κ2) is 8.15. The van der Waals surface area contributed by atoms with Gasteiger partial charge >= 0.3 is 0 Å². The highest BCUT2D eigenvalue weighted by Gasteiger charge is 2.47. The molecule has 1 aromatic rings. The number of unbranched alkanes of at least 4 members (excludes halogenated alkanes) is 1. The van der Waals surface area contributed by atoms with Crippen LogP contribution < -0.4 is 9.46 Å². The highest BCUT2D eigenvalue weighted by atomic mass is 32.2. The zero-order chi connectivity index (χ0) is 20.4. The van der Waals surface area contributed by atoms with Crippen molar-refractivity contribution in [2.45, 2.75) is 71.3 Å². The van der Waals surface area contributed by atoms with Crippen molar-refractivity contribution in [3.05, 3.63) is 41.1 Å². The van der Waals surface area contributed by atoms with Crippen molar-refractivity contribution in [1.29, 1.82) is 0 Å². The molecule has 2 aliphatic rings. The third-order valence-electron chi connectivity index (χ3n) is 5.32. The first kappa shape index (κ1) is 21.3. The van der Waals surface area contributed by atoms with Crippen molar-refractivity contribution < 1.29 is 17.5 Å². The first-order chi connectivity index (χ1) is 13.1. The predicted octanol–water partition coefficient (Wildman–Crippen LogP) is 5.25. The van der Waals surface area contributed by atoms with Crippen molar-refractivity contribution in [3.8, 4) is 5.75 Å². The van der Waals surface area contributed by atoms with Gasteiger partial charge in [0.25, 0.3) is 0 Å². The van der Waals surface area contributed by atoms with E-state index >= 15 is 0 Å². The maximum Gasteiger partial charge on any atom is 0.234 e. The lowest BCUT2D eigenvalue weighted by Gasteiger charge is -2.18. The molecule has 0 radical (unpaired) electrons. The van der Waals surface area contributed by atoms with Gasteiger partial charge in [-0.15, -0.1) is 0 Å². The van der Waals surface area contributed by atoms with Crippen LogP contribution in [0, 0.1) is 17.2 Å². The summed E-state index contributed by atoms with van der Waals surface area (Å²) < 4.78 is 47.4. The minimum atomic E-state index is -3.54. The van der Waals surface area contributed by atoms with Gasteiger partial charge in [-0.2, -0.15) is 0 Å². The molecule has 2 aliphatic carbocycles. The fourth-order valence-electron chi connectivity index (χ4n) is 3.23. The van der Waals surface area contributed by atoms with Crippen LogP contribution in [-0.2, 0) is 15.6 Å². The molecular formula is C22H32FNO3S. The molecule has 1 N–H and O–H groups in total. The molecule has 156 valence electrons. The Bertz CT molecular complexity index is 819. The van der Waals surface area contributed by atoms with Crippen LogP contribution in [0.3, 0.4) is 0 Å². The Morgan fingerprint density at radius 3 is 2.61 bits per heavy atom. The molecule has 0 spiro atoms. The van der Waals surface area contributed by atoms with Crippen LogP contribution in [0.5, 0.6) is 5.75 Å². The average Bonchev–Trinajstić information content (AvgIpc) is 3.49. The van der Waals surface area contributed by atoms with Crippen molar-refractivity contribution in [2.24, 2.45) is 11.3 Å². The minimum Gasteiger partial charge on any atom is -0.490 e. The summed E-state index contributed by atoms with van der Waals surface area (Å²) in [6.45, 7) is 7.06. The summed E-state index contributed by atoms with van der Waals surface area (Å²) in [6, 6.07) is 4.68. The molecule has 3 rings (SSSR count). The summed E-state index contributed by atoms with van der Waals surface area (Å²) >= 11 is 0. The van der Waals surface area contributed by atoms with Crippen LogP contribution in [0.2, 0.25) is 0 Å². The molecule has 1 aromatic carbocycles. The summed E-state index contributed by atoms with van der Waals surface area (Å²) in [5.74, 6) is 0.342. The van der Waals surface area contributed by atoms with E-state index in [1.165, 1.54) is 11.5 Å². The van der Waals surface area contributed by atoms with Crippen molar-refractivity contribution in [3.63, 3.8) is 0 Å². The Morgan fingerprint density at radius 1 is 1.29 bits per heavy atom. The molecule has 0 atom stereocenters. The number of nitrogens with one attached hydrogen (secondary N) is 1. The van der Waals surface area contributed by atoms with E-state index in [1.54, 1.807) is 18.2 Å². The van der Waals surface area contributed by atoms with Crippen LogP contribution in [0.25, 0.3) is 0 Å². The Morgan fingerprint density at radius 2 is 2.00 bits per heavy atom. The van der Waals surface area contributed by atoms with Crippen molar-refractivity contribution >= 4 is 10.0 Å². The molecule has 0 bridgehead atoms. The number of ether oxygens (including phenoxy) is 1. The van der Waals surface area contributed by atoms with Crippen molar-refractivity contribution in [1.82, 2.24) is 4.72 Å². The van der Waals surface area contributed by atoms with E-state index in [9.17, 15) is 12.8 Å². The van der Waals surface area contributed by atoms with Crippen LogP contribution in [-0.4, -0.2) is 15.0 Å². The number of hydrogen-bond donors (Lipinski definition) is 1. The largest absolute Gasteiger partial charge is 0.490 e. The van der Waals surface area contributed by atoms with E-state index in [4.69, 9.17) is 4.74 Å². The van der Waals surface area contributed by atoms with Gasteiger partial charge in [0.15, 0.2) is 11.6 Å². The van der Waals surface area contributed by atoms with Gasteiger partial charge in [-0.3, -0.25) is 0 Å². The summed E-state index contributed by atoms with van der Waals surface area (Å²) in [7, 11) is -3.54. The first-order valence-corrected chi connectivity index (χ1v) is 11.8. The van der Waals surface area contributed by atoms with Gasteiger partial charge in [-0.05, 0) is 74.0 Å². The fraction of sp³-hybridized carbons (Fsp3) is 0.636. The molecule has 6 heteroatoms. The lowest BCUT2D eigenvalue weighted by atomic mass is 9.90.